The van der Waals surface area contributed by atoms with Gasteiger partial charge in [0.1, 0.15) is 0 Å². The van der Waals surface area contributed by atoms with Gasteiger partial charge in [0.05, 0.1) is 6.10 Å². The molecular formula is C14H18N2O2S. The molecule has 0 radical (unpaired) electrons. The molecule has 1 aliphatic rings. The first-order valence-corrected chi connectivity index (χ1v) is 6.83. The number of rotatable bonds is 4. The Kier molecular flexibility index (Phi) is 4.87. The second-order valence-corrected chi connectivity index (χ2v) is 5.02. The molecule has 1 saturated heterocycles. The molecule has 0 amide bonds. The summed E-state index contributed by atoms with van der Waals surface area (Å²) in [5, 5.41) is 6.76. The maximum Gasteiger partial charge on any atom is 0.170 e. The van der Waals surface area contributed by atoms with Crippen LogP contribution in [-0.4, -0.2) is 30.2 Å². The highest BCUT2D eigenvalue weighted by molar-refractivity contribution is 7.80. The molecule has 0 aromatic heterocycles. The van der Waals surface area contributed by atoms with Crippen LogP contribution < -0.4 is 10.6 Å². The smallest absolute Gasteiger partial charge is 0.170 e. The first kappa shape index (κ1) is 14.0. The van der Waals surface area contributed by atoms with Crippen LogP contribution >= 0.6 is 12.2 Å². The average molecular weight is 278 g/mol. The van der Waals surface area contributed by atoms with Gasteiger partial charge in [0.25, 0.3) is 0 Å². The molecule has 0 saturated carbocycles. The fourth-order valence-electron chi connectivity index (χ4n) is 2.00. The molecule has 1 aromatic rings. The van der Waals surface area contributed by atoms with E-state index in [9.17, 15) is 4.79 Å². The maximum absolute atomic E-state index is 11.3. The summed E-state index contributed by atoms with van der Waals surface area (Å²) < 4.78 is 5.51. The number of ketones is 1. The van der Waals surface area contributed by atoms with Crippen LogP contribution in [0.25, 0.3) is 0 Å². The van der Waals surface area contributed by atoms with Crippen LogP contribution in [0.4, 0.5) is 5.69 Å². The molecule has 1 aromatic carbocycles. The Morgan fingerprint density at radius 3 is 3.05 bits per heavy atom. The normalized spacial score (nSPS) is 18.1. The van der Waals surface area contributed by atoms with Gasteiger partial charge in [0.15, 0.2) is 10.9 Å². The number of benzene rings is 1. The fourth-order valence-corrected chi connectivity index (χ4v) is 2.20. The summed E-state index contributed by atoms with van der Waals surface area (Å²) in [7, 11) is 0. The summed E-state index contributed by atoms with van der Waals surface area (Å²) in [6.07, 6.45) is 2.45. The molecule has 2 N–H and O–H groups in total. The van der Waals surface area contributed by atoms with Crippen LogP contribution in [0.3, 0.4) is 0 Å². The summed E-state index contributed by atoms with van der Waals surface area (Å²) in [5.41, 5.74) is 1.49. The standard InChI is InChI=1S/C14H18N2O2S/c1-10(17)11-4-2-5-12(8-11)16-14(19)15-9-13-6-3-7-18-13/h2,4-5,8,13H,3,6-7,9H2,1H3,(H2,15,16,19). The number of Topliss-reactive ketones (excluding diaryl/α,β-unsaturated/α-hetero) is 1. The lowest BCUT2D eigenvalue weighted by atomic mass is 10.1. The lowest BCUT2D eigenvalue weighted by molar-refractivity contribution is 0.101. The lowest BCUT2D eigenvalue weighted by Gasteiger charge is -2.14. The highest BCUT2D eigenvalue weighted by atomic mass is 32.1. The number of ether oxygens (including phenoxy) is 1. The van der Waals surface area contributed by atoms with Gasteiger partial charge in [0.2, 0.25) is 0 Å². The zero-order valence-electron chi connectivity index (χ0n) is 10.9. The molecule has 0 aliphatic carbocycles. The number of carbonyl (C=O) groups excluding carboxylic acids is 1. The predicted molar refractivity (Wildman–Crippen MR) is 79.6 cm³/mol. The van der Waals surface area contributed by atoms with Crippen molar-refractivity contribution in [2.75, 3.05) is 18.5 Å². The summed E-state index contributed by atoms with van der Waals surface area (Å²) in [4.78, 5) is 11.3. The summed E-state index contributed by atoms with van der Waals surface area (Å²) in [5.74, 6) is 0.0434. The number of nitrogens with one attached hydrogen (secondary N) is 2. The van der Waals surface area contributed by atoms with Crippen LogP contribution in [-0.2, 0) is 4.74 Å². The molecule has 4 nitrogen and oxygen atoms in total. The van der Waals surface area contributed by atoms with Gasteiger partial charge in [-0.15, -0.1) is 0 Å². The molecule has 1 heterocycles. The highest BCUT2D eigenvalue weighted by Crippen LogP contribution is 2.12. The monoisotopic (exact) mass is 278 g/mol. The molecule has 1 aliphatic heterocycles. The Morgan fingerprint density at radius 1 is 1.53 bits per heavy atom. The van der Waals surface area contributed by atoms with E-state index in [1.165, 1.54) is 0 Å². The van der Waals surface area contributed by atoms with Crippen molar-refractivity contribution in [3.63, 3.8) is 0 Å². The van der Waals surface area contributed by atoms with Gasteiger partial charge < -0.3 is 15.4 Å². The number of carbonyl (C=O) groups is 1. The van der Waals surface area contributed by atoms with Gasteiger partial charge in [-0.25, -0.2) is 0 Å². The fraction of sp³-hybridized carbons (Fsp3) is 0.429. The maximum atomic E-state index is 11.3. The number of hydrogen-bond donors (Lipinski definition) is 2. The summed E-state index contributed by atoms with van der Waals surface area (Å²) in [6.45, 7) is 3.11. The minimum absolute atomic E-state index is 0.0434. The molecule has 1 fully saturated rings. The van der Waals surface area contributed by atoms with Crippen molar-refractivity contribution in [2.24, 2.45) is 0 Å². The molecular weight excluding hydrogens is 260 g/mol. The van der Waals surface area contributed by atoms with Crippen LogP contribution in [0.15, 0.2) is 24.3 Å². The van der Waals surface area contributed by atoms with Crippen molar-refractivity contribution >= 4 is 28.8 Å². The van der Waals surface area contributed by atoms with E-state index >= 15 is 0 Å². The summed E-state index contributed by atoms with van der Waals surface area (Å²) >= 11 is 5.22. The van der Waals surface area contributed by atoms with Gasteiger partial charge in [-0.05, 0) is 44.1 Å². The number of anilines is 1. The first-order chi connectivity index (χ1) is 9.15. The third-order valence-electron chi connectivity index (χ3n) is 3.04. The van der Waals surface area contributed by atoms with Crippen LogP contribution in [0.5, 0.6) is 0 Å². The van der Waals surface area contributed by atoms with E-state index < -0.39 is 0 Å². The van der Waals surface area contributed by atoms with E-state index in [0.717, 1.165) is 31.7 Å². The molecule has 102 valence electrons. The van der Waals surface area contributed by atoms with Crippen LogP contribution in [0.1, 0.15) is 30.1 Å². The number of hydrogen-bond acceptors (Lipinski definition) is 3. The molecule has 1 unspecified atom stereocenters. The van der Waals surface area contributed by atoms with Crippen molar-refractivity contribution in [2.45, 2.75) is 25.9 Å². The SMILES string of the molecule is CC(=O)c1cccc(NC(=S)NCC2CCCO2)c1. The van der Waals surface area contributed by atoms with Gasteiger partial charge in [0, 0.05) is 24.4 Å². The van der Waals surface area contributed by atoms with Crippen molar-refractivity contribution in [3.05, 3.63) is 29.8 Å². The van der Waals surface area contributed by atoms with Gasteiger partial charge in [-0.2, -0.15) is 0 Å². The van der Waals surface area contributed by atoms with Crippen molar-refractivity contribution in [3.8, 4) is 0 Å². The van der Waals surface area contributed by atoms with E-state index in [1.807, 2.05) is 12.1 Å². The quantitative estimate of drug-likeness (QED) is 0.654. The van der Waals surface area contributed by atoms with Gasteiger partial charge in [-0.1, -0.05) is 12.1 Å². The van der Waals surface area contributed by atoms with E-state index in [1.54, 1.807) is 19.1 Å². The van der Waals surface area contributed by atoms with Crippen molar-refractivity contribution in [1.29, 1.82) is 0 Å². The Morgan fingerprint density at radius 2 is 2.37 bits per heavy atom. The minimum Gasteiger partial charge on any atom is -0.376 e. The van der Waals surface area contributed by atoms with Crippen LogP contribution in [0, 0.1) is 0 Å². The van der Waals surface area contributed by atoms with E-state index in [2.05, 4.69) is 10.6 Å². The molecule has 5 heteroatoms. The van der Waals surface area contributed by atoms with Crippen LogP contribution in [0.2, 0.25) is 0 Å². The van der Waals surface area contributed by atoms with Crippen molar-refractivity contribution in [1.82, 2.24) is 5.32 Å². The molecule has 1 atom stereocenters. The minimum atomic E-state index is 0.0434. The largest absolute Gasteiger partial charge is 0.376 e. The van der Waals surface area contributed by atoms with E-state index in [4.69, 9.17) is 17.0 Å². The van der Waals surface area contributed by atoms with E-state index in [0.29, 0.717) is 10.7 Å². The Balaban J connectivity index is 1.84. The Hall–Kier alpha value is -1.46. The summed E-state index contributed by atoms with van der Waals surface area (Å²) in [6, 6.07) is 7.30. The Labute approximate surface area is 118 Å². The Bertz CT molecular complexity index is 470. The highest BCUT2D eigenvalue weighted by Gasteiger charge is 2.15. The molecule has 0 bridgehead atoms. The second-order valence-electron chi connectivity index (χ2n) is 4.61. The zero-order valence-corrected chi connectivity index (χ0v) is 11.8. The average Bonchev–Trinajstić information content (AvgIpc) is 2.90. The topological polar surface area (TPSA) is 50.4 Å². The molecule has 19 heavy (non-hydrogen) atoms. The third kappa shape index (κ3) is 4.29. The van der Waals surface area contributed by atoms with Crippen molar-refractivity contribution < 1.29 is 9.53 Å². The third-order valence-corrected chi connectivity index (χ3v) is 3.29. The van der Waals surface area contributed by atoms with E-state index in [-0.39, 0.29) is 11.9 Å². The first-order valence-electron chi connectivity index (χ1n) is 6.42. The van der Waals surface area contributed by atoms with Gasteiger partial charge >= 0.3 is 0 Å². The van der Waals surface area contributed by atoms with Gasteiger partial charge in [-0.3, -0.25) is 4.79 Å². The molecule has 0 spiro atoms. The zero-order chi connectivity index (χ0) is 13.7. The second kappa shape index (κ2) is 6.63. The lowest BCUT2D eigenvalue weighted by Crippen LogP contribution is -2.34. The molecule has 2 rings (SSSR count). The number of thiocarbonyl (C=S) groups is 1. The predicted octanol–water partition coefficient (Wildman–Crippen LogP) is 2.35.